The fraction of sp³-hybridized carbons (Fsp3) is 0.250. The Morgan fingerprint density at radius 2 is 1.74 bits per heavy atom. The van der Waals surface area contributed by atoms with E-state index in [1.165, 1.54) is 11.3 Å². The van der Waals surface area contributed by atoms with Crippen LogP contribution < -0.4 is 5.32 Å². The summed E-state index contributed by atoms with van der Waals surface area (Å²) in [4.78, 5) is 28.7. The average molecular weight is 487 g/mol. The summed E-state index contributed by atoms with van der Waals surface area (Å²) in [7, 11) is 0. The second-order valence-electron chi connectivity index (χ2n) is 8.53. The van der Waals surface area contributed by atoms with Gasteiger partial charge in [0, 0.05) is 12.1 Å². The molecule has 0 aliphatic carbocycles. The van der Waals surface area contributed by atoms with Crippen LogP contribution >= 0.6 is 11.3 Å². The number of carbonyl (C=O) groups is 2. The third-order valence-corrected chi connectivity index (χ3v) is 6.65. The lowest BCUT2D eigenvalue weighted by molar-refractivity contribution is -0.116. The van der Waals surface area contributed by atoms with Gasteiger partial charge in [-0.3, -0.25) is 9.59 Å². The third-order valence-electron chi connectivity index (χ3n) is 5.79. The minimum absolute atomic E-state index is 0.0247. The molecule has 4 aromatic rings. The molecule has 0 radical (unpaired) electrons. The molecule has 0 saturated heterocycles. The number of anilines is 1. The van der Waals surface area contributed by atoms with Gasteiger partial charge < -0.3 is 10.2 Å². The molecule has 0 atom stereocenters. The zero-order chi connectivity index (χ0) is 24.8. The molecule has 2 heterocycles. The Hall–Kier alpha value is -3.71. The van der Waals surface area contributed by atoms with Crippen molar-refractivity contribution < 1.29 is 9.59 Å². The van der Waals surface area contributed by atoms with E-state index in [2.05, 4.69) is 12.2 Å². The summed E-state index contributed by atoms with van der Waals surface area (Å²) in [5, 5.41) is 9.73. The standard InChI is InChI=1S/C28H30N4O2S/c1-4-5-17-31(28(34)24-12-9-18-35-24)19-25(33)29-27-26(22-10-7-6-8-11-22)21(3)30-32(27)23-15-13-20(2)14-16-23/h6-16,18H,4-5,17,19H2,1-3H3,(H,29,33). The molecule has 180 valence electrons. The molecule has 2 aromatic heterocycles. The molecule has 1 N–H and O–H groups in total. The van der Waals surface area contributed by atoms with Crippen LogP contribution in [-0.2, 0) is 4.79 Å². The number of hydrogen-bond donors (Lipinski definition) is 1. The number of nitrogens with one attached hydrogen (secondary N) is 1. The number of aryl methyl sites for hydroxylation is 2. The second kappa shape index (κ2) is 11.1. The smallest absolute Gasteiger partial charge is 0.264 e. The first-order chi connectivity index (χ1) is 17.0. The minimum Gasteiger partial charge on any atom is -0.329 e. The fourth-order valence-electron chi connectivity index (χ4n) is 3.97. The van der Waals surface area contributed by atoms with Gasteiger partial charge >= 0.3 is 0 Å². The zero-order valence-electron chi connectivity index (χ0n) is 20.3. The molecule has 7 heteroatoms. The van der Waals surface area contributed by atoms with Crippen LogP contribution in [0.1, 0.15) is 40.7 Å². The SMILES string of the molecule is CCCCN(CC(=O)Nc1c(-c2ccccc2)c(C)nn1-c1ccc(C)cc1)C(=O)c1cccs1. The summed E-state index contributed by atoms with van der Waals surface area (Å²) < 4.78 is 1.77. The monoisotopic (exact) mass is 486 g/mol. The zero-order valence-corrected chi connectivity index (χ0v) is 21.1. The molecule has 6 nitrogen and oxygen atoms in total. The van der Waals surface area contributed by atoms with Gasteiger partial charge in [0.05, 0.1) is 16.3 Å². The van der Waals surface area contributed by atoms with E-state index in [0.717, 1.165) is 40.9 Å². The van der Waals surface area contributed by atoms with Gasteiger partial charge in [-0.25, -0.2) is 4.68 Å². The maximum atomic E-state index is 13.3. The molecule has 35 heavy (non-hydrogen) atoms. The average Bonchev–Trinajstić information content (AvgIpc) is 3.51. The predicted molar refractivity (Wildman–Crippen MR) is 142 cm³/mol. The van der Waals surface area contributed by atoms with Crippen LogP contribution in [0.5, 0.6) is 0 Å². The molecule has 0 bridgehead atoms. The van der Waals surface area contributed by atoms with Gasteiger partial charge in [-0.1, -0.05) is 67.4 Å². The van der Waals surface area contributed by atoms with E-state index in [0.29, 0.717) is 17.2 Å². The van der Waals surface area contributed by atoms with Crippen molar-refractivity contribution in [3.8, 4) is 16.8 Å². The highest BCUT2D eigenvalue weighted by Gasteiger charge is 2.23. The summed E-state index contributed by atoms with van der Waals surface area (Å²) in [5.74, 6) is 0.230. The van der Waals surface area contributed by atoms with Crippen molar-refractivity contribution in [1.29, 1.82) is 0 Å². The van der Waals surface area contributed by atoms with Crippen LogP contribution in [0, 0.1) is 13.8 Å². The highest BCUT2D eigenvalue weighted by atomic mass is 32.1. The highest BCUT2D eigenvalue weighted by Crippen LogP contribution is 2.33. The molecule has 0 unspecified atom stereocenters. The van der Waals surface area contributed by atoms with Crippen molar-refractivity contribution in [3.05, 3.63) is 88.2 Å². The van der Waals surface area contributed by atoms with Gasteiger partial charge in [-0.05, 0) is 49.4 Å². The molecular weight excluding hydrogens is 456 g/mol. The van der Waals surface area contributed by atoms with Crippen molar-refractivity contribution in [3.63, 3.8) is 0 Å². The summed E-state index contributed by atoms with van der Waals surface area (Å²) >= 11 is 1.39. The molecule has 0 aliphatic heterocycles. The molecule has 0 fully saturated rings. The van der Waals surface area contributed by atoms with E-state index in [9.17, 15) is 9.59 Å². The van der Waals surface area contributed by atoms with Crippen LogP contribution in [0.25, 0.3) is 16.8 Å². The second-order valence-corrected chi connectivity index (χ2v) is 9.48. The first-order valence-corrected chi connectivity index (χ1v) is 12.7. The van der Waals surface area contributed by atoms with Gasteiger partial charge in [-0.15, -0.1) is 11.3 Å². The molecule has 0 saturated carbocycles. The Kier molecular flexibility index (Phi) is 7.77. The van der Waals surface area contributed by atoms with E-state index in [1.54, 1.807) is 15.6 Å². The fourth-order valence-corrected chi connectivity index (χ4v) is 4.66. The highest BCUT2D eigenvalue weighted by molar-refractivity contribution is 7.12. The van der Waals surface area contributed by atoms with E-state index in [-0.39, 0.29) is 18.4 Å². The third kappa shape index (κ3) is 5.69. The first kappa shape index (κ1) is 24.4. The van der Waals surface area contributed by atoms with Crippen LogP contribution in [0.4, 0.5) is 5.82 Å². The molecule has 0 aliphatic rings. The summed E-state index contributed by atoms with van der Waals surface area (Å²) in [6.07, 6.45) is 1.77. The topological polar surface area (TPSA) is 67.2 Å². The number of rotatable bonds is 9. The Balaban J connectivity index is 1.67. The lowest BCUT2D eigenvalue weighted by Crippen LogP contribution is -2.38. The van der Waals surface area contributed by atoms with E-state index >= 15 is 0 Å². The molecule has 4 rings (SSSR count). The number of hydrogen-bond acceptors (Lipinski definition) is 4. The number of aromatic nitrogens is 2. The molecule has 0 spiro atoms. The number of unbranched alkanes of at least 4 members (excludes halogenated alkanes) is 1. The van der Waals surface area contributed by atoms with Crippen LogP contribution in [0.2, 0.25) is 0 Å². The van der Waals surface area contributed by atoms with Crippen molar-refractivity contribution in [1.82, 2.24) is 14.7 Å². The largest absolute Gasteiger partial charge is 0.329 e. The summed E-state index contributed by atoms with van der Waals surface area (Å²) in [5.41, 5.74) is 4.64. The summed E-state index contributed by atoms with van der Waals surface area (Å²) in [6, 6.07) is 21.6. The summed E-state index contributed by atoms with van der Waals surface area (Å²) in [6.45, 7) is 6.55. The van der Waals surface area contributed by atoms with Crippen LogP contribution in [-0.4, -0.2) is 39.6 Å². The number of benzene rings is 2. The van der Waals surface area contributed by atoms with Gasteiger partial charge in [0.25, 0.3) is 5.91 Å². The van der Waals surface area contributed by atoms with E-state index in [1.807, 2.05) is 79.9 Å². The van der Waals surface area contributed by atoms with Gasteiger partial charge in [0.15, 0.2) is 0 Å². The number of amides is 2. The Labute approximate surface area is 210 Å². The minimum atomic E-state index is -0.253. The van der Waals surface area contributed by atoms with Crippen molar-refractivity contribution in [2.45, 2.75) is 33.6 Å². The molecular formula is C28H30N4O2S. The van der Waals surface area contributed by atoms with Crippen LogP contribution in [0.3, 0.4) is 0 Å². The van der Waals surface area contributed by atoms with Crippen molar-refractivity contribution >= 4 is 29.0 Å². The Morgan fingerprint density at radius 3 is 2.40 bits per heavy atom. The van der Waals surface area contributed by atoms with E-state index in [4.69, 9.17) is 5.10 Å². The number of nitrogens with zero attached hydrogens (tertiary/aromatic N) is 3. The Morgan fingerprint density at radius 1 is 1.00 bits per heavy atom. The number of thiophene rings is 1. The molecule has 2 amide bonds. The maximum absolute atomic E-state index is 13.3. The maximum Gasteiger partial charge on any atom is 0.264 e. The van der Waals surface area contributed by atoms with Gasteiger partial charge in [-0.2, -0.15) is 5.10 Å². The van der Waals surface area contributed by atoms with Gasteiger partial charge in [0.1, 0.15) is 12.4 Å². The van der Waals surface area contributed by atoms with Crippen molar-refractivity contribution in [2.24, 2.45) is 0 Å². The normalized spacial score (nSPS) is 10.8. The molecule has 2 aromatic carbocycles. The lowest BCUT2D eigenvalue weighted by Gasteiger charge is -2.22. The number of carbonyl (C=O) groups excluding carboxylic acids is 2. The predicted octanol–water partition coefficient (Wildman–Crippen LogP) is 6.10. The first-order valence-electron chi connectivity index (χ1n) is 11.8. The van der Waals surface area contributed by atoms with Gasteiger partial charge in [0.2, 0.25) is 5.91 Å². The lowest BCUT2D eigenvalue weighted by atomic mass is 10.1. The van der Waals surface area contributed by atoms with Crippen molar-refractivity contribution in [2.75, 3.05) is 18.4 Å². The quantitative estimate of drug-likeness (QED) is 0.311. The van der Waals surface area contributed by atoms with Crippen LogP contribution in [0.15, 0.2) is 72.1 Å². The van der Waals surface area contributed by atoms with E-state index < -0.39 is 0 Å². The Bertz CT molecular complexity index is 1280.